The quantitative estimate of drug-likeness (QED) is 0.800. The van der Waals surface area contributed by atoms with Crippen molar-refractivity contribution in [2.75, 3.05) is 0 Å². The number of hydrogen-bond acceptors (Lipinski definition) is 3. The van der Waals surface area contributed by atoms with Crippen LogP contribution in [0.5, 0.6) is 0 Å². The first kappa shape index (κ1) is 19.0. The Bertz CT molecular complexity index is 834. The van der Waals surface area contributed by atoms with Crippen molar-refractivity contribution < 1.29 is 23.1 Å². The van der Waals surface area contributed by atoms with E-state index in [1.54, 1.807) is 6.07 Å². The van der Waals surface area contributed by atoms with E-state index >= 15 is 0 Å². The maximum Gasteiger partial charge on any atom is 0.490 e. The van der Waals surface area contributed by atoms with Crippen LogP contribution in [0.2, 0.25) is 5.02 Å². The van der Waals surface area contributed by atoms with E-state index in [2.05, 4.69) is 4.98 Å². The van der Waals surface area contributed by atoms with Gasteiger partial charge in [0, 0.05) is 29.6 Å². The number of nitrogens with one attached hydrogen (secondary N) is 1. The largest absolute Gasteiger partial charge is 0.490 e. The number of carboxylic acids is 1. The fourth-order valence-corrected chi connectivity index (χ4v) is 2.61. The number of carboxylic acid groups (broad SMARTS) is 1. The zero-order valence-corrected chi connectivity index (χ0v) is 13.7. The number of halogens is 4. The van der Waals surface area contributed by atoms with Gasteiger partial charge in [0.05, 0.1) is 5.69 Å². The molecule has 0 bridgehead atoms. The Hall–Kier alpha value is -2.35. The lowest BCUT2D eigenvalue weighted by Crippen LogP contribution is -2.28. The SMILES string of the molecule is N=c1cc(-c2ccccc2Cl)nc2n1CCCC2.O=C(O)C(F)(F)F. The van der Waals surface area contributed by atoms with E-state index in [1.807, 2.05) is 28.8 Å². The number of rotatable bonds is 1. The predicted octanol–water partition coefficient (Wildman–Crippen LogP) is 3.65. The Balaban J connectivity index is 0.000000277. The standard InChI is InChI=1S/C14H14ClN3.C2HF3O2/c15-11-6-2-1-5-10(11)12-9-13(16)18-8-4-3-7-14(18)17-12;3-2(4,5)1(6)7/h1-2,5-6,9,16H,3-4,7-8H2;(H,6,7). The van der Waals surface area contributed by atoms with E-state index in [0.717, 1.165) is 42.9 Å². The van der Waals surface area contributed by atoms with E-state index in [4.69, 9.17) is 26.9 Å². The number of aryl methyl sites for hydroxylation is 1. The van der Waals surface area contributed by atoms with Gasteiger partial charge in [0.25, 0.3) is 0 Å². The fraction of sp³-hybridized carbons (Fsp3) is 0.312. The van der Waals surface area contributed by atoms with Crippen molar-refractivity contribution in [1.29, 1.82) is 5.41 Å². The minimum Gasteiger partial charge on any atom is -0.475 e. The van der Waals surface area contributed by atoms with E-state index in [1.165, 1.54) is 0 Å². The van der Waals surface area contributed by atoms with Crippen LogP contribution in [0.25, 0.3) is 11.3 Å². The summed E-state index contributed by atoms with van der Waals surface area (Å²) in [6.45, 7) is 0.907. The topological polar surface area (TPSA) is 79.0 Å². The summed E-state index contributed by atoms with van der Waals surface area (Å²) >= 11 is 6.19. The number of carbonyl (C=O) groups is 1. The highest BCUT2D eigenvalue weighted by Gasteiger charge is 2.38. The van der Waals surface area contributed by atoms with Crippen LogP contribution in [0, 0.1) is 5.41 Å². The zero-order chi connectivity index (χ0) is 18.6. The molecule has 0 saturated heterocycles. The number of nitrogens with zero attached hydrogens (tertiary/aromatic N) is 2. The molecule has 0 atom stereocenters. The first-order chi connectivity index (χ1) is 11.7. The van der Waals surface area contributed by atoms with Gasteiger partial charge in [-0.05, 0) is 18.9 Å². The third kappa shape index (κ3) is 4.82. The maximum atomic E-state index is 10.6. The summed E-state index contributed by atoms with van der Waals surface area (Å²) in [5, 5.41) is 15.9. The minimum atomic E-state index is -5.08. The van der Waals surface area contributed by atoms with Crippen LogP contribution in [0.4, 0.5) is 13.2 Å². The van der Waals surface area contributed by atoms with Crippen LogP contribution in [-0.4, -0.2) is 26.8 Å². The second-order valence-corrected chi connectivity index (χ2v) is 5.74. The van der Waals surface area contributed by atoms with Crippen LogP contribution in [-0.2, 0) is 17.8 Å². The molecule has 1 aromatic heterocycles. The van der Waals surface area contributed by atoms with Gasteiger partial charge in [-0.25, -0.2) is 9.78 Å². The molecule has 0 radical (unpaired) electrons. The summed E-state index contributed by atoms with van der Waals surface area (Å²) in [5.74, 6) is -1.75. The predicted molar refractivity (Wildman–Crippen MR) is 85.2 cm³/mol. The molecular weight excluding hydrogens is 359 g/mol. The first-order valence-electron chi connectivity index (χ1n) is 7.40. The van der Waals surface area contributed by atoms with E-state index in [0.29, 0.717) is 10.5 Å². The highest BCUT2D eigenvalue weighted by atomic mass is 35.5. The van der Waals surface area contributed by atoms with Crippen molar-refractivity contribution in [2.45, 2.75) is 32.0 Å². The van der Waals surface area contributed by atoms with Crippen molar-refractivity contribution in [2.24, 2.45) is 0 Å². The molecule has 0 aliphatic carbocycles. The highest BCUT2D eigenvalue weighted by Crippen LogP contribution is 2.25. The first-order valence-corrected chi connectivity index (χ1v) is 7.78. The van der Waals surface area contributed by atoms with Crippen molar-refractivity contribution in [1.82, 2.24) is 9.55 Å². The van der Waals surface area contributed by atoms with Gasteiger partial charge in [-0.1, -0.05) is 29.8 Å². The summed E-state index contributed by atoms with van der Waals surface area (Å²) in [5.41, 5.74) is 2.23. The number of fused-ring (bicyclic) bond motifs is 1. The number of aromatic nitrogens is 2. The summed E-state index contributed by atoms with van der Waals surface area (Å²) in [6, 6.07) is 9.45. The van der Waals surface area contributed by atoms with Gasteiger partial charge in [-0.15, -0.1) is 0 Å². The zero-order valence-electron chi connectivity index (χ0n) is 13.0. The summed E-state index contributed by atoms with van der Waals surface area (Å²) < 4.78 is 33.7. The molecule has 25 heavy (non-hydrogen) atoms. The molecular formula is C16H15ClF3N3O2. The van der Waals surface area contributed by atoms with Crippen LogP contribution in [0.15, 0.2) is 30.3 Å². The van der Waals surface area contributed by atoms with Crippen molar-refractivity contribution in [3.8, 4) is 11.3 Å². The molecule has 5 nitrogen and oxygen atoms in total. The Morgan fingerprint density at radius 3 is 2.52 bits per heavy atom. The van der Waals surface area contributed by atoms with Gasteiger partial charge >= 0.3 is 12.1 Å². The van der Waals surface area contributed by atoms with Gasteiger partial charge in [0.1, 0.15) is 11.3 Å². The molecule has 1 aromatic carbocycles. The Morgan fingerprint density at radius 2 is 1.92 bits per heavy atom. The Morgan fingerprint density at radius 1 is 1.28 bits per heavy atom. The molecule has 1 aliphatic rings. The third-order valence-corrected chi connectivity index (χ3v) is 3.88. The average Bonchev–Trinajstić information content (AvgIpc) is 2.55. The Labute approximate surface area is 146 Å². The highest BCUT2D eigenvalue weighted by molar-refractivity contribution is 6.33. The molecule has 0 spiro atoms. The number of hydrogen-bond donors (Lipinski definition) is 2. The molecule has 2 heterocycles. The molecule has 0 fully saturated rings. The van der Waals surface area contributed by atoms with Crippen LogP contribution in [0.1, 0.15) is 18.7 Å². The van der Waals surface area contributed by atoms with Gasteiger partial charge in [0.15, 0.2) is 0 Å². The van der Waals surface area contributed by atoms with E-state index in [-0.39, 0.29) is 0 Å². The summed E-state index contributed by atoms with van der Waals surface area (Å²) in [6.07, 6.45) is -1.85. The molecule has 3 rings (SSSR count). The molecule has 0 unspecified atom stereocenters. The Kier molecular flexibility index (Phi) is 5.84. The van der Waals surface area contributed by atoms with Crippen LogP contribution in [0.3, 0.4) is 0 Å². The second-order valence-electron chi connectivity index (χ2n) is 5.33. The molecule has 9 heteroatoms. The summed E-state index contributed by atoms with van der Waals surface area (Å²) in [7, 11) is 0. The smallest absolute Gasteiger partial charge is 0.475 e. The van der Waals surface area contributed by atoms with Crippen molar-refractivity contribution >= 4 is 17.6 Å². The lowest BCUT2D eigenvalue weighted by molar-refractivity contribution is -0.192. The lowest BCUT2D eigenvalue weighted by atomic mass is 10.1. The number of aliphatic carboxylic acids is 1. The second kappa shape index (κ2) is 7.69. The minimum absolute atomic E-state index is 0.523. The normalized spacial score (nSPS) is 13.4. The molecule has 2 N–H and O–H groups in total. The van der Waals surface area contributed by atoms with Gasteiger partial charge in [-0.3, -0.25) is 5.41 Å². The maximum absolute atomic E-state index is 10.6. The fourth-order valence-electron chi connectivity index (χ4n) is 2.38. The molecule has 134 valence electrons. The van der Waals surface area contributed by atoms with Crippen LogP contribution >= 0.6 is 11.6 Å². The van der Waals surface area contributed by atoms with E-state index in [9.17, 15) is 13.2 Å². The number of alkyl halides is 3. The summed E-state index contributed by atoms with van der Waals surface area (Å²) in [4.78, 5) is 13.6. The molecule has 1 aliphatic heterocycles. The third-order valence-electron chi connectivity index (χ3n) is 3.55. The molecule has 2 aromatic rings. The van der Waals surface area contributed by atoms with Crippen LogP contribution < -0.4 is 5.49 Å². The van der Waals surface area contributed by atoms with E-state index < -0.39 is 12.1 Å². The monoisotopic (exact) mass is 373 g/mol. The van der Waals surface area contributed by atoms with Crippen molar-refractivity contribution in [3.05, 3.63) is 46.7 Å². The van der Waals surface area contributed by atoms with Crippen molar-refractivity contribution in [3.63, 3.8) is 0 Å². The van der Waals surface area contributed by atoms with Gasteiger partial charge < -0.3 is 9.67 Å². The molecule has 0 saturated carbocycles. The number of benzene rings is 1. The lowest BCUT2D eigenvalue weighted by Gasteiger charge is -2.19. The molecule has 0 amide bonds. The van der Waals surface area contributed by atoms with Gasteiger partial charge in [0.2, 0.25) is 0 Å². The average molecular weight is 374 g/mol. The van der Waals surface area contributed by atoms with Gasteiger partial charge in [-0.2, -0.15) is 13.2 Å².